The van der Waals surface area contributed by atoms with Gasteiger partial charge in [-0.1, -0.05) is 18.2 Å². The zero-order chi connectivity index (χ0) is 13.1. The van der Waals surface area contributed by atoms with E-state index in [1.54, 1.807) is 13.0 Å². The number of hydrogen-bond donors (Lipinski definition) is 3. The molecule has 1 aromatic heterocycles. The van der Waals surface area contributed by atoms with Crippen LogP contribution in [0.25, 0.3) is 10.9 Å². The van der Waals surface area contributed by atoms with Crippen LogP contribution < -0.4 is 10.9 Å². The van der Waals surface area contributed by atoms with Crippen LogP contribution in [0, 0.1) is 6.92 Å². The molecule has 94 valence electrons. The van der Waals surface area contributed by atoms with E-state index in [1.807, 2.05) is 18.2 Å². The predicted octanol–water partition coefficient (Wildman–Crippen LogP) is 0.559. The molecule has 1 amide bonds. The van der Waals surface area contributed by atoms with Crippen molar-refractivity contribution in [3.8, 4) is 0 Å². The number of H-pyrrole nitrogens is 1. The summed E-state index contributed by atoms with van der Waals surface area (Å²) in [5.74, 6) is -0.464. The van der Waals surface area contributed by atoms with Gasteiger partial charge in [0.05, 0.1) is 6.61 Å². The van der Waals surface area contributed by atoms with Gasteiger partial charge in [-0.05, 0) is 18.6 Å². The summed E-state index contributed by atoms with van der Waals surface area (Å²) < 4.78 is 0. The van der Waals surface area contributed by atoms with Crippen molar-refractivity contribution in [1.29, 1.82) is 0 Å². The van der Waals surface area contributed by atoms with Gasteiger partial charge in [-0.15, -0.1) is 0 Å². The standard InChI is InChI=1S/C13H14N2O3/c1-8-9-4-2-3-5-10(9)15-13(18)11(8)12(17)14-6-7-16/h2-5,16H,6-7H2,1H3,(H,14,17)(H,15,18). The van der Waals surface area contributed by atoms with Crippen molar-refractivity contribution < 1.29 is 9.90 Å². The lowest BCUT2D eigenvalue weighted by molar-refractivity contribution is 0.0943. The van der Waals surface area contributed by atoms with Gasteiger partial charge in [0.25, 0.3) is 11.5 Å². The van der Waals surface area contributed by atoms with Crippen LogP contribution in [0.15, 0.2) is 29.1 Å². The average molecular weight is 246 g/mol. The van der Waals surface area contributed by atoms with Gasteiger partial charge < -0.3 is 15.4 Å². The molecule has 18 heavy (non-hydrogen) atoms. The predicted molar refractivity (Wildman–Crippen MR) is 68.7 cm³/mol. The molecule has 0 aliphatic carbocycles. The highest BCUT2D eigenvalue weighted by atomic mass is 16.3. The molecule has 3 N–H and O–H groups in total. The Labute approximate surface area is 103 Å². The molecular weight excluding hydrogens is 232 g/mol. The third-order valence-corrected chi connectivity index (χ3v) is 2.81. The Morgan fingerprint density at radius 1 is 1.39 bits per heavy atom. The van der Waals surface area contributed by atoms with Crippen molar-refractivity contribution in [2.24, 2.45) is 0 Å². The minimum absolute atomic E-state index is 0.0992. The molecule has 0 spiro atoms. The van der Waals surface area contributed by atoms with Crippen molar-refractivity contribution in [1.82, 2.24) is 10.3 Å². The van der Waals surface area contributed by atoms with Gasteiger partial charge in [0.2, 0.25) is 0 Å². The normalized spacial score (nSPS) is 10.6. The summed E-state index contributed by atoms with van der Waals surface area (Å²) in [7, 11) is 0. The van der Waals surface area contributed by atoms with Crippen molar-refractivity contribution in [3.05, 3.63) is 45.7 Å². The number of fused-ring (bicyclic) bond motifs is 1. The smallest absolute Gasteiger partial charge is 0.261 e. The van der Waals surface area contributed by atoms with E-state index in [4.69, 9.17) is 5.11 Å². The molecular formula is C13H14N2O3. The van der Waals surface area contributed by atoms with E-state index in [0.29, 0.717) is 11.1 Å². The first kappa shape index (κ1) is 12.3. The summed E-state index contributed by atoms with van der Waals surface area (Å²) in [6, 6.07) is 7.31. The second-order valence-electron chi connectivity index (χ2n) is 3.98. The summed E-state index contributed by atoms with van der Waals surface area (Å²) in [5.41, 5.74) is 1.03. The van der Waals surface area contributed by atoms with E-state index in [-0.39, 0.29) is 18.7 Å². The first-order valence-corrected chi connectivity index (χ1v) is 5.66. The summed E-state index contributed by atoms with van der Waals surface area (Å²) in [6.07, 6.45) is 0. The number of amides is 1. The number of aliphatic hydroxyl groups excluding tert-OH is 1. The Kier molecular flexibility index (Phi) is 3.43. The number of aromatic nitrogens is 1. The number of benzene rings is 1. The zero-order valence-electron chi connectivity index (χ0n) is 9.99. The number of nitrogens with one attached hydrogen (secondary N) is 2. The van der Waals surface area contributed by atoms with Crippen LogP contribution in [0.1, 0.15) is 15.9 Å². The van der Waals surface area contributed by atoms with Crippen molar-refractivity contribution in [2.45, 2.75) is 6.92 Å². The molecule has 0 fully saturated rings. The van der Waals surface area contributed by atoms with E-state index < -0.39 is 11.5 Å². The molecule has 2 rings (SSSR count). The Bertz CT molecular complexity index is 646. The quantitative estimate of drug-likeness (QED) is 0.740. The number of aromatic amines is 1. The first-order chi connectivity index (χ1) is 8.65. The Morgan fingerprint density at radius 3 is 2.83 bits per heavy atom. The fraction of sp³-hybridized carbons (Fsp3) is 0.231. The lowest BCUT2D eigenvalue weighted by Crippen LogP contribution is -2.32. The first-order valence-electron chi connectivity index (χ1n) is 5.66. The number of hydrogen-bond acceptors (Lipinski definition) is 3. The third kappa shape index (κ3) is 2.12. The Balaban J connectivity index is 2.57. The van der Waals surface area contributed by atoms with Gasteiger partial charge >= 0.3 is 0 Å². The number of carbonyl (C=O) groups is 1. The molecule has 0 aliphatic rings. The van der Waals surface area contributed by atoms with Gasteiger partial charge in [-0.3, -0.25) is 9.59 Å². The van der Waals surface area contributed by atoms with E-state index >= 15 is 0 Å². The van der Waals surface area contributed by atoms with Crippen LogP contribution in [-0.2, 0) is 0 Å². The number of pyridine rings is 1. The van der Waals surface area contributed by atoms with Crippen molar-refractivity contribution in [2.75, 3.05) is 13.2 Å². The van der Waals surface area contributed by atoms with Gasteiger partial charge in [-0.25, -0.2) is 0 Å². The van der Waals surface area contributed by atoms with Gasteiger partial charge in [0.1, 0.15) is 5.56 Å². The minimum atomic E-state index is -0.464. The van der Waals surface area contributed by atoms with E-state index in [9.17, 15) is 9.59 Å². The molecule has 0 bridgehead atoms. The molecule has 0 saturated carbocycles. The van der Waals surface area contributed by atoms with Crippen LogP contribution >= 0.6 is 0 Å². The Morgan fingerprint density at radius 2 is 2.11 bits per heavy atom. The lowest BCUT2D eigenvalue weighted by atomic mass is 10.0. The largest absolute Gasteiger partial charge is 0.395 e. The average Bonchev–Trinajstić information content (AvgIpc) is 2.36. The summed E-state index contributed by atoms with van der Waals surface area (Å²) >= 11 is 0. The Hall–Kier alpha value is -2.14. The van der Waals surface area contributed by atoms with Crippen LogP contribution in [0.2, 0.25) is 0 Å². The van der Waals surface area contributed by atoms with E-state index in [2.05, 4.69) is 10.3 Å². The molecule has 0 aliphatic heterocycles. The minimum Gasteiger partial charge on any atom is -0.395 e. The highest BCUT2D eigenvalue weighted by molar-refractivity contribution is 5.99. The highest BCUT2D eigenvalue weighted by Crippen LogP contribution is 2.16. The maximum atomic E-state index is 11.9. The number of rotatable bonds is 3. The van der Waals surface area contributed by atoms with E-state index in [1.165, 1.54) is 0 Å². The maximum absolute atomic E-state index is 11.9. The topological polar surface area (TPSA) is 82.2 Å². The van der Waals surface area contributed by atoms with Crippen LogP contribution in [0.5, 0.6) is 0 Å². The second-order valence-corrected chi connectivity index (χ2v) is 3.98. The number of carbonyl (C=O) groups excluding carboxylic acids is 1. The van der Waals surface area contributed by atoms with Gasteiger partial charge in [0.15, 0.2) is 0 Å². The fourth-order valence-electron chi connectivity index (χ4n) is 1.94. The molecule has 2 aromatic rings. The SMILES string of the molecule is Cc1c(C(=O)NCCO)c(=O)[nH]c2ccccc12. The maximum Gasteiger partial charge on any atom is 0.261 e. The number of aliphatic hydroxyl groups is 1. The molecule has 0 radical (unpaired) electrons. The summed E-state index contributed by atoms with van der Waals surface area (Å²) in [5, 5.41) is 12.0. The molecule has 0 atom stereocenters. The molecule has 0 saturated heterocycles. The van der Waals surface area contributed by atoms with Crippen LogP contribution in [0.3, 0.4) is 0 Å². The molecule has 5 nitrogen and oxygen atoms in total. The number of aryl methyl sites for hydroxylation is 1. The molecule has 1 heterocycles. The number of para-hydroxylation sites is 1. The molecule has 5 heteroatoms. The van der Waals surface area contributed by atoms with Gasteiger partial charge in [0, 0.05) is 17.4 Å². The van der Waals surface area contributed by atoms with Gasteiger partial charge in [-0.2, -0.15) is 0 Å². The lowest BCUT2D eigenvalue weighted by Gasteiger charge is -2.08. The van der Waals surface area contributed by atoms with Crippen LogP contribution in [-0.4, -0.2) is 29.1 Å². The fourth-order valence-corrected chi connectivity index (χ4v) is 1.94. The molecule has 1 aromatic carbocycles. The summed E-state index contributed by atoms with van der Waals surface area (Å²) in [4.78, 5) is 26.4. The monoisotopic (exact) mass is 246 g/mol. The van der Waals surface area contributed by atoms with E-state index in [0.717, 1.165) is 5.39 Å². The van der Waals surface area contributed by atoms with Crippen molar-refractivity contribution >= 4 is 16.8 Å². The second kappa shape index (κ2) is 5.01. The van der Waals surface area contributed by atoms with Crippen LogP contribution in [0.4, 0.5) is 0 Å². The zero-order valence-corrected chi connectivity index (χ0v) is 9.99. The molecule has 0 unspecified atom stereocenters. The summed E-state index contributed by atoms with van der Waals surface area (Å²) in [6.45, 7) is 1.71. The van der Waals surface area contributed by atoms with Crippen molar-refractivity contribution in [3.63, 3.8) is 0 Å². The highest BCUT2D eigenvalue weighted by Gasteiger charge is 2.15. The third-order valence-electron chi connectivity index (χ3n) is 2.81.